The first-order valence-electron chi connectivity index (χ1n) is 5.27. The van der Waals surface area contributed by atoms with Crippen LogP contribution in [0.2, 0.25) is 0 Å². The van der Waals surface area contributed by atoms with E-state index in [2.05, 4.69) is 5.32 Å². The van der Waals surface area contributed by atoms with Crippen LogP contribution in [-0.2, 0) is 11.3 Å². The fourth-order valence-corrected chi connectivity index (χ4v) is 1.77. The van der Waals surface area contributed by atoms with Gasteiger partial charge in [-0.25, -0.2) is 4.79 Å². The van der Waals surface area contributed by atoms with Crippen molar-refractivity contribution in [1.82, 2.24) is 5.32 Å². The molecule has 0 saturated carbocycles. The van der Waals surface area contributed by atoms with Crippen LogP contribution >= 0.6 is 8.38 Å². The highest BCUT2D eigenvalue weighted by Crippen LogP contribution is 2.30. The molecule has 1 unspecified atom stereocenters. The average Bonchev–Trinajstić information content (AvgIpc) is 2.34. The Hall–Kier alpha value is -1.16. The third kappa shape index (κ3) is 5.13. The van der Waals surface area contributed by atoms with E-state index in [0.717, 1.165) is 5.56 Å². The summed E-state index contributed by atoms with van der Waals surface area (Å²) in [7, 11) is -2.17. The van der Waals surface area contributed by atoms with Gasteiger partial charge in [-0.1, -0.05) is 37.3 Å². The lowest BCUT2D eigenvalue weighted by Gasteiger charge is -2.17. The SMILES string of the molecule is CCC(NC(=O)OCc1ccccc1)P(O)O. The van der Waals surface area contributed by atoms with Crippen LogP contribution in [0.1, 0.15) is 18.9 Å². The largest absolute Gasteiger partial charge is 0.445 e. The molecule has 17 heavy (non-hydrogen) atoms. The summed E-state index contributed by atoms with van der Waals surface area (Å²) in [5, 5.41) is 2.40. The number of alkyl carbamates (subject to hydrolysis) is 1. The predicted molar refractivity (Wildman–Crippen MR) is 65.2 cm³/mol. The Kier molecular flexibility index (Phi) is 5.91. The third-order valence-corrected chi connectivity index (χ3v) is 3.21. The topological polar surface area (TPSA) is 78.8 Å². The molecule has 0 aliphatic carbocycles. The number of carbonyl (C=O) groups excluding carboxylic acids is 1. The van der Waals surface area contributed by atoms with E-state index in [-0.39, 0.29) is 6.61 Å². The Morgan fingerprint density at radius 2 is 2.06 bits per heavy atom. The van der Waals surface area contributed by atoms with Crippen molar-refractivity contribution in [2.24, 2.45) is 0 Å². The van der Waals surface area contributed by atoms with Crippen molar-refractivity contribution in [3.63, 3.8) is 0 Å². The van der Waals surface area contributed by atoms with Gasteiger partial charge in [0.05, 0.1) is 0 Å². The first kappa shape index (κ1) is 13.9. The van der Waals surface area contributed by atoms with Crippen LogP contribution in [-0.4, -0.2) is 21.7 Å². The minimum atomic E-state index is -2.17. The molecule has 0 spiro atoms. The Morgan fingerprint density at radius 1 is 1.41 bits per heavy atom. The Morgan fingerprint density at radius 3 is 2.59 bits per heavy atom. The van der Waals surface area contributed by atoms with E-state index < -0.39 is 20.3 Å². The van der Waals surface area contributed by atoms with Crippen LogP contribution in [0, 0.1) is 0 Å². The zero-order chi connectivity index (χ0) is 12.7. The minimum absolute atomic E-state index is 0.165. The molecule has 1 atom stereocenters. The summed E-state index contributed by atoms with van der Waals surface area (Å²) in [5.74, 6) is -0.645. The van der Waals surface area contributed by atoms with Crippen LogP contribution < -0.4 is 5.32 Å². The van der Waals surface area contributed by atoms with E-state index in [1.807, 2.05) is 30.3 Å². The van der Waals surface area contributed by atoms with Crippen molar-refractivity contribution < 1.29 is 19.3 Å². The highest BCUT2D eigenvalue weighted by Gasteiger charge is 2.18. The lowest BCUT2D eigenvalue weighted by atomic mass is 10.2. The summed E-state index contributed by atoms with van der Waals surface area (Å²) in [6, 6.07) is 9.27. The van der Waals surface area contributed by atoms with Crippen molar-refractivity contribution in [2.45, 2.75) is 25.7 Å². The van der Waals surface area contributed by atoms with E-state index in [0.29, 0.717) is 6.42 Å². The lowest BCUT2D eigenvalue weighted by Crippen LogP contribution is -2.33. The number of hydrogen-bond donors (Lipinski definition) is 3. The molecule has 1 rings (SSSR count). The zero-order valence-electron chi connectivity index (χ0n) is 9.54. The van der Waals surface area contributed by atoms with Gasteiger partial charge in [0.25, 0.3) is 0 Å². The van der Waals surface area contributed by atoms with Gasteiger partial charge in [-0.05, 0) is 12.0 Å². The number of nitrogens with one attached hydrogen (secondary N) is 1. The predicted octanol–water partition coefficient (Wildman–Crippen LogP) is 1.95. The number of benzene rings is 1. The maximum absolute atomic E-state index is 11.3. The molecule has 0 heterocycles. The second-order valence-electron chi connectivity index (χ2n) is 3.45. The van der Waals surface area contributed by atoms with Crippen LogP contribution in [0.5, 0.6) is 0 Å². The van der Waals surface area contributed by atoms with Crippen molar-refractivity contribution in [2.75, 3.05) is 0 Å². The van der Waals surface area contributed by atoms with Gasteiger partial charge in [0.1, 0.15) is 12.4 Å². The highest BCUT2D eigenvalue weighted by molar-refractivity contribution is 7.45. The maximum Gasteiger partial charge on any atom is 0.408 e. The van der Waals surface area contributed by atoms with Gasteiger partial charge >= 0.3 is 6.09 Å². The van der Waals surface area contributed by atoms with Crippen LogP contribution in [0.3, 0.4) is 0 Å². The summed E-state index contributed by atoms with van der Waals surface area (Å²) in [4.78, 5) is 29.3. The third-order valence-electron chi connectivity index (χ3n) is 2.16. The second kappa shape index (κ2) is 7.22. The number of rotatable bonds is 5. The molecule has 94 valence electrons. The standard InChI is InChI=1S/C11H16NO4P/c1-2-10(17(14)15)12-11(13)16-8-9-6-4-3-5-7-9/h3-7,10,14-15H,2,8H2,1H3,(H,12,13). The van der Waals surface area contributed by atoms with Crippen LogP contribution in [0.4, 0.5) is 4.79 Å². The summed E-state index contributed by atoms with van der Waals surface area (Å²) in [6.07, 6.45) is -0.199. The molecule has 3 N–H and O–H groups in total. The van der Waals surface area contributed by atoms with E-state index in [4.69, 9.17) is 14.5 Å². The summed E-state index contributed by atoms with van der Waals surface area (Å²) >= 11 is 0. The van der Waals surface area contributed by atoms with Gasteiger partial charge in [0.2, 0.25) is 0 Å². The Labute approximate surface area is 101 Å². The van der Waals surface area contributed by atoms with Gasteiger partial charge in [0.15, 0.2) is 8.38 Å². The average molecular weight is 257 g/mol. The number of ether oxygens (including phenoxy) is 1. The maximum atomic E-state index is 11.3. The fraction of sp³-hybridized carbons (Fsp3) is 0.364. The number of hydrogen-bond acceptors (Lipinski definition) is 4. The highest BCUT2D eigenvalue weighted by atomic mass is 31.2. The van der Waals surface area contributed by atoms with Gasteiger partial charge < -0.3 is 19.8 Å². The molecule has 0 aromatic heterocycles. The molecule has 0 aliphatic rings. The smallest absolute Gasteiger partial charge is 0.408 e. The van der Waals surface area contributed by atoms with Gasteiger partial charge in [0, 0.05) is 0 Å². The van der Waals surface area contributed by atoms with Gasteiger partial charge in [-0.3, -0.25) is 0 Å². The molecule has 1 amide bonds. The lowest BCUT2D eigenvalue weighted by molar-refractivity contribution is 0.137. The molecule has 6 heteroatoms. The number of carbonyl (C=O) groups is 1. The van der Waals surface area contributed by atoms with Gasteiger partial charge in [-0.15, -0.1) is 0 Å². The molecule has 0 saturated heterocycles. The Bertz CT molecular complexity index is 345. The monoisotopic (exact) mass is 257 g/mol. The molecule has 0 fully saturated rings. The molecular formula is C11H16NO4P. The summed E-state index contributed by atoms with van der Waals surface area (Å²) < 4.78 is 4.95. The van der Waals surface area contributed by atoms with E-state index in [1.54, 1.807) is 6.92 Å². The van der Waals surface area contributed by atoms with E-state index in [9.17, 15) is 4.79 Å². The van der Waals surface area contributed by atoms with E-state index >= 15 is 0 Å². The molecule has 0 bridgehead atoms. The van der Waals surface area contributed by atoms with Crippen LogP contribution in [0.15, 0.2) is 30.3 Å². The fourth-order valence-electron chi connectivity index (χ4n) is 1.22. The second-order valence-corrected chi connectivity index (χ2v) is 4.71. The van der Waals surface area contributed by atoms with Crippen molar-refractivity contribution in [1.29, 1.82) is 0 Å². The van der Waals surface area contributed by atoms with Crippen LogP contribution in [0.25, 0.3) is 0 Å². The summed E-state index contributed by atoms with van der Waals surface area (Å²) in [6.45, 7) is 1.92. The molecule has 0 radical (unpaired) electrons. The zero-order valence-corrected chi connectivity index (χ0v) is 10.4. The Balaban J connectivity index is 2.35. The van der Waals surface area contributed by atoms with E-state index in [1.165, 1.54) is 0 Å². The minimum Gasteiger partial charge on any atom is -0.445 e. The molecule has 1 aromatic rings. The first-order valence-corrected chi connectivity index (χ1v) is 6.59. The number of amides is 1. The first-order chi connectivity index (χ1) is 8.13. The van der Waals surface area contributed by atoms with Crippen molar-refractivity contribution in [3.05, 3.63) is 35.9 Å². The molecule has 5 nitrogen and oxygen atoms in total. The quantitative estimate of drug-likeness (QED) is 0.704. The van der Waals surface area contributed by atoms with Crippen molar-refractivity contribution in [3.8, 4) is 0 Å². The van der Waals surface area contributed by atoms with Crippen molar-refractivity contribution >= 4 is 14.5 Å². The normalized spacial score (nSPS) is 12.2. The summed E-state index contributed by atoms with van der Waals surface area (Å²) in [5.41, 5.74) is 0.881. The van der Waals surface area contributed by atoms with Gasteiger partial charge in [-0.2, -0.15) is 0 Å². The molecular weight excluding hydrogens is 241 g/mol. The molecule has 0 aliphatic heterocycles. The molecule has 1 aromatic carbocycles.